The first kappa shape index (κ1) is 8.04. The first-order valence-electron chi connectivity index (χ1n) is 3.48. The molecule has 0 spiro atoms. The van der Waals surface area contributed by atoms with Gasteiger partial charge < -0.3 is 10.0 Å². The molecular formula is C7H11NO3. The van der Waals surface area contributed by atoms with E-state index >= 15 is 0 Å². The van der Waals surface area contributed by atoms with Crippen LogP contribution in [0.3, 0.4) is 0 Å². The van der Waals surface area contributed by atoms with Crippen molar-refractivity contribution in [3.05, 3.63) is 0 Å². The Hall–Kier alpha value is -1.06. The molecule has 4 nitrogen and oxygen atoms in total. The largest absolute Gasteiger partial charge is 0.479 e. The normalized spacial score (nSPS) is 19.1. The van der Waals surface area contributed by atoms with Crippen LogP contribution in [0.2, 0.25) is 0 Å². The fourth-order valence-corrected chi connectivity index (χ4v) is 1.11. The summed E-state index contributed by atoms with van der Waals surface area (Å²) in [5.74, 6) is -1.08. The summed E-state index contributed by atoms with van der Waals surface area (Å²) in [6, 6.07) is 0. The maximum atomic E-state index is 10.8. The molecule has 1 saturated carbocycles. The molecule has 0 aromatic heterocycles. The van der Waals surface area contributed by atoms with E-state index in [9.17, 15) is 9.59 Å². The van der Waals surface area contributed by atoms with Gasteiger partial charge in [-0.25, -0.2) is 4.79 Å². The van der Waals surface area contributed by atoms with Gasteiger partial charge >= 0.3 is 5.97 Å². The molecule has 0 unspecified atom stereocenters. The zero-order chi connectivity index (χ0) is 8.65. The summed E-state index contributed by atoms with van der Waals surface area (Å²) in [6.45, 7) is 1.38. The van der Waals surface area contributed by atoms with Crippen molar-refractivity contribution >= 4 is 11.9 Å². The number of amides is 1. The Balaban J connectivity index is 2.73. The summed E-state index contributed by atoms with van der Waals surface area (Å²) in [5.41, 5.74) is -0.869. The zero-order valence-electron chi connectivity index (χ0n) is 6.63. The highest BCUT2D eigenvalue weighted by Crippen LogP contribution is 2.40. The Morgan fingerprint density at radius 2 is 1.91 bits per heavy atom. The van der Waals surface area contributed by atoms with E-state index in [1.54, 1.807) is 0 Å². The lowest BCUT2D eigenvalue weighted by atomic mass is 10.2. The lowest BCUT2D eigenvalue weighted by molar-refractivity contribution is -0.150. The molecule has 1 amide bonds. The van der Waals surface area contributed by atoms with Gasteiger partial charge in [0.25, 0.3) is 0 Å². The van der Waals surface area contributed by atoms with Crippen LogP contribution >= 0.6 is 0 Å². The fraction of sp³-hybridized carbons (Fsp3) is 0.714. The average molecular weight is 157 g/mol. The van der Waals surface area contributed by atoms with Crippen molar-refractivity contribution in [1.29, 1.82) is 0 Å². The minimum absolute atomic E-state index is 0.190. The number of carboxylic acids is 1. The minimum Gasteiger partial charge on any atom is -0.479 e. The van der Waals surface area contributed by atoms with Gasteiger partial charge in [0, 0.05) is 14.0 Å². The van der Waals surface area contributed by atoms with Crippen molar-refractivity contribution in [3.63, 3.8) is 0 Å². The van der Waals surface area contributed by atoms with E-state index in [0.29, 0.717) is 12.8 Å². The van der Waals surface area contributed by atoms with Crippen molar-refractivity contribution in [2.45, 2.75) is 25.3 Å². The minimum atomic E-state index is -0.893. The van der Waals surface area contributed by atoms with E-state index in [1.807, 2.05) is 0 Å². The SMILES string of the molecule is CC(=O)N(C)C1(C(=O)O)CC1. The highest BCUT2D eigenvalue weighted by atomic mass is 16.4. The molecular weight excluding hydrogens is 146 g/mol. The molecule has 1 aliphatic carbocycles. The van der Waals surface area contributed by atoms with Crippen LogP contribution in [0.1, 0.15) is 19.8 Å². The maximum Gasteiger partial charge on any atom is 0.329 e. The fourth-order valence-electron chi connectivity index (χ4n) is 1.11. The van der Waals surface area contributed by atoms with Gasteiger partial charge in [-0.05, 0) is 12.8 Å². The molecule has 1 N–H and O–H groups in total. The second-order valence-corrected chi connectivity index (χ2v) is 2.91. The number of carbonyl (C=O) groups excluding carboxylic acids is 1. The van der Waals surface area contributed by atoms with Gasteiger partial charge in [-0.1, -0.05) is 0 Å². The smallest absolute Gasteiger partial charge is 0.329 e. The number of rotatable bonds is 2. The van der Waals surface area contributed by atoms with Crippen LogP contribution < -0.4 is 0 Å². The Morgan fingerprint density at radius 1 is 1.45 bits per heavy atom. The summed E-state index contributed by atoms with van der Waals surface area (Å²) in [6.07, 6.45) is 1.16. The topological polar surface area (TPSA) is 57.6 Å². The summed E-state index contributed by atoms with van der Waals surface area (Å²) < 4.78 is 0. The standard InChI is InChI=1S/C7H11NO3/c1-5(9)8(2)7(3-4-7)6(10)11/h3-4H2,1-2H3,(H,10,11). The van der Waals surface area contributed by atoms with Crippen molar-refractivity contribution in [2.24, 2.45) is 0 Å². The van der Waals surface area contributed by atoms with Crippen LogP contribution in [0, 0.1) is 0 Å². The highest BCUT2D eigenvalue weighted by molar-refractivity contribution is 5.88. The molecule has 62 valence electrons. The number of hydrogen-bond donors (Lipinski definition) is 1. The molecule has 0 atom stereocenters. The molecule has 0 heterocycles. The van der Waals surface area contributed by atoms with E-state index in [1.165, 1.54) is 18.9 Å². The number of carboxylic acid groups (broad SMARTS) is 1. The number of carbonyl (C=O) groups is 2. The molecule has 11 heavy (non-hydrogen) atoms. The number of hydrogen-bond acceptors (Lipinski definition) is 2. The van der Waals surface area contributed by atoms with Crippen LogP contribution in [0.25, 0.3) is 0 Å². The van der Waals surface area contributed by atoms with Crippen LogP contribution in [0.15, 0.2) is 0 Å². The highest BCUT2D eigenvalue weighted by Gasteiger charge is 2.54. The molecule has 1 rings (SSSR count). The van der Waals surface area contributed by atoms with Crippen molar-refractivity contribution in [3.8, 4) is 0 Å². The molecule has 1 fully saturated rings. The second-order valence-electron chi connectivity index (χ2n) is 2.91. The Morgan fingerprint density at radius 3 is 2.00 bits per heavy atom. The van der Waals surface area contributed by atoms with Gasteiger partial charge in [-0.2, -0.15) is 0 Å². The number of aliphatic carboxylic acids is 1. The summed E-state index contributed by atoms with van der Waals surface area (Å²) in [5, 5.41) is 8.73. The maximum absolute atomic E-state index is 10.8. The van der Waals surface area contributed by atoms with Gasteiger partial charge in [0.2, 0.25) is 5.91 Å². The Labute approximate surface area is 64.8 Å². The van der Waals surface area contributed by atoms with Gasteiger partial charge in [0.05, 0.1) is 0 Å². The molecule has 1 aliphatic rings. The van der Waals surface area contributed by atoms with Gasteiger partial charge in [0.1, 0.15) is 5.54 Å². The van der Waals surface area contributed by atoms with E-state index in [-0.39, 0.29) is 5.91 Å². The van der Waals surface area contributed by atoms with E-state index in [2.05, 4.69) is 0 Å². The van der Waals surface area contributed by atoms with E-state index < -0.39 is 11.5 Å². The van der Waals surface area contributed by atoms with Crippen molar-refractivity contribution < 1.29 is 14.7 Å². The van der Waals surface area contributed by atoms with Crippen LogP contribution in [-0.2, 0) is 9.59 Å². The molecule has 0 radical (unpaired) electrons. The molecule has 0 aromatic carbocycles. The van der Waals surface area contributed by atoms with Crippen molar-refractivity contribution in [2.75, 3.05) is 7.05 Å². The lowest BCUT2D eigenvalue weighted by Gasteiger charge is -2.22. The Bertz CT molecular complexity index is 208. The molecule has 0 aromatic rings. The third-order valence-corrected chi connectivity index (χ3v) is 2.24. The van der Waals surface area contributed by atoms with Gasteiger partial charge in [-0.3, -0.25) is 4.79 Å². The third kappa shape index (κ3) is 1.08. The second kappa shape index (κ2) is 2.22. The predicted octanol–water partition coefficient (Wildman–Crippen LogP) is 0.0819. The van der Waals surface area contributed by atoms with Crippen LogP contribution in [-0.4, -0.2) is 34.5 Å². The van der Waals surface area contributed by atoms with Gasteiger partial charge in [0.15, 0.2) is 0 Å². The third-order valence-electron chi connectivity index (χ3n) is 2.24. The quantitative estimate of drug-likeness (QED) is 0.617. The summed E-state index contributed by atoms with van der Waals surface area (Å²) >= 11 is 0. The molecule has 0 bridgehead atoms. The number of nitrogens with zero attached hydrogens (tertiary/aromatic N) is 1. The van der Waals surface area contributed by atoms with E-state index in [4.69, 9.17) is 5.11 Å². The predicted molar refractivity (Wildman–Crippen MR) is 38.0 cm³/mol. The molecule has 0 aliphatic heterocycles. The van der Waals surface area contributed by atoms with Gasteiger partial charge in [-0.15, -0.1) is 0 Å². The first-order valence-corrected chi connectivity index (χ1v) is 3.48. The molecule has 0 saturated heterocycles. The first-order chi connectivity index (χ1) is 5.00. The summed E-state index contributed by atoms with van der Waals surface area (Å²) in [4.78, 5) is 22.7. The lowest BCUT2D eigenvalue weighted by Crippen LogP contribution is -2.43. The summed E-state index contributed by atoms with van der Waals surface area (Å²) in [7, 11) is 1.53. The average Bonchev–Trinajstić information content (AvgIpc) is 2.65. The zero-order valence-corrected chi connectivity index (χ0v) is 6.63. The monoisotopic (exact) mass is 157 g/mol. The Kier molecular flexibility index (Phi) is 1.62. The van der Waals surface area contributed by atoms with E-state index in [0.717, 1.165) is 0 Å². The number of likely N-dealkylation sites (N-methyl/N-ethyl adjacent to an activating group) is 1. The van der Waals surface area contributed by atoms with Crippen molar-refractivity contribution in [1.82, 2.24) is 4.90 Å². The van der Waals surface area contributed by atoms with Crippen LogP contribution in [0.5, 0.6) is 0 Å². The molecule has 4 heteroatoms. The van der Waals surface area contributed by atoms with Crippen LogP contribution in [0.4, 0.5) is 0 Å².